The second kappa shape index (κ2) is 3.73. The van der Waals surface area contributed by atoms with E-state index in [1.807, 2.05) is 27.7 Å². The minimum Gasteiger partial charge on any atom is -0.376 e. The van der Waals surface area contributed by atoms with Crippen molar-refractivity contribution in [3.05, 3.63) is 0 Å². The third-order valence-electron chi connectivity index (χ3n) is 1.98. The summed E-state index contributed by atoms with van der Waals surface area (Å²) in [6.45, 7) is 9.20. The molecule has 3 nitrogen and oxygen atoms in total. The Kier molecular flexibility index (Phi) is 3.09. The molecule has 0 aromatic heterocycles. The Hall–Kier alpha value is -0.120. The molecular weight excluding hydrogens is 156 g/mol. The van der Waals surface area contributed by atoms with Crippen molar-refractivity contribution in [3.63, 3.8) is 0 Å². The highest BCUT2D eigenvalue weighted by atomic mass is 16.7. The molecule has 1 fully saturated rings. The first-order valence-corrected chi connectivity index (χ1v) is 4.48. The number of hydrogen-bond acceptors (Lipinski definition) is 3. The fourth-order valence-electron chi connectivity index (χ4n) is 1.32. The van der Waals surface area contributed by atoms with Crippen LogP contribution in [-0.4, -0.2) is 31.2 Å². The van der Waals surface area contributed by atoms with Crippen molar-refractivity contribution in [2.75, 3.05) is 13.2 Å². The Balaban J connectivity index is 2.36. The van der Waals surface area contributed by atoms with Crippen LogP contribution in [0, 0.1) is 0 Å². The molecular formula is C9H18O3. The van der Waals surface area contributed by atoms with Crippen LogP contribution in [0.5, 0.6) is 0 Å². The summed E-state index contributed by atoms with van der Waals surface area (Å²) in [5, 5.41) is 0. The van der Waals surface area contributed by atoms with Crippen LogP contribution in [0.4, 0.5) is 0 Å². The van der Waals surface area contributed by atoms with Crippen molar-refractivity contribution in [1.82, 2.24) is 0 Å². The normalized spacial score (nSPS) is 30.5. The van der Waals surface area contributed by atoms with Crippen LogP contribution in [0.15, 0.2) is 0 Å². The summed E-state index contributed by atoms with van der Waals surface area (Å²) in [5.41, 5.74) is 0. The lowest BCUT2D eigenvalue weighted by molar-refractivity contribution is -0.154. The Labute approximate surface area is 74.0 Å². The van der Waals surface area contributed by atoms with E-state index in [0.717, 1.165) is 6.61 Å². The monoisotopic (exact) mass is 174 g/mol. The van der Waals surface area contributed by atoms with E-state index >= 15 is 0 Å². The molecule has 2 atom stereocenters. The molecule has 0 amide bonds. The van der Waals surface area contributed by atoms with Crippen LogP contribution in [0.1, 0.15) is 27.7 Å². The zero-order valence-electron chi connectivity index (χ0n) is 8.29. The maximum Gasteiger partial charge on any atom is 0.163 e. The fraction of sp³-hybridized carbons (Fsp3) is 1.00. The van der Waals surface area contributed by atoms with Gasteiger partial charge in [0.15, 0.2) is 5.79 Å². The topological polar surface area (TPSA) is 27.7 Å². The number of ether oxygens (including phenoxy) is 3. The highest BCUT2D eigenvalue weighted by Gasteiger charge is 2.35. The van der Waals surface area contributed by atoms with Gasteiger partial charge in [-0.05, 0) is 27.7 Å². The van der Waals surface area contributed by atoms with E-state index in [4.69, 9.17) is 14.2 Å². The summed E-state index contributed by atoms with van der Waals surface area (Å²) in [6.07, 6.45) is 0.205. The molecule has 0 saturated carbocycles. The van der Waals surface area contributed by atoms with Crippen LogP contribution in [0.2, 0.25) is 0 Å². The molecule has 1 aliphatic heterocycles. The van der Waals surface area contributed by atoms with Gasteiger partial charge in [0.25, 0.3) is 0 Å². The van der Waals surface area contributed by atoms with E-state index in [-0.39, 0.29) is 12.2 Å². The standard InChI is InChI=1S/C9H18O3/c1-5-10-7(2)8-6-11-9(3,4)12-8/h7-8H,5-6H2,1-4H3. The second-order valence-electron chi connectivity index (χ2n) is 3.53. The van der Waals surface area contributed by atoms with Gasteiger partial charge in [-0.2, -0.15) is 0 Å². The molecule has 3 heteroatoms. The third-order valence-corrected chi connectivity index (χ3v) is 1.98. The minimum atomic E-state index is -0.434. The second-order valence-corrected chi connectivity index (χ2v) is 3.53. The first kappa shape index (κ1) is 9.96. The summed E-state index contributed by atoms with van der Waals surface area (Å²) in [6, 6.07) is 0. The number of rotatable bonds is 3. The van der Waals surface area contributed by atoms with Crippen LogP contribution < -0.4 is 0 Å². The Morgan fingerprint density at radius 2 is 2.25 bits per heavy atom. The SMILES string of the molecule is CCOC(C)C1COC(C)(C)O1. The van der Waals surface area contributed by atoms with Crippen molar-refractivity contribution in [3.8, 4) is 0 Å². The zero-order valence-corrected chi connectivity index (χ0v) is 8.29. The van der Waals surface area contributed by atoms with Crippen molar-refractivity contribution in [2.24, 2.45) is 0 Å². The third kappa shape index (κ3) is 2.44. The molecule has 0 bridgehead atoms. The van der Waals surface area contributed by atoms with Gasteiger partial charge in [0.05, 0.1) is 12.7 Å². The summed E-state index contributed by atoms with van der Waals surface area (Å²) in [5.74, 6) is -0.434. The lowest BCUT2D eigenvalue weighted by atomic mass is 10.2. The van der Waals surface area contributed by atoms with E-state index in [1.165, 1.54) is 0 Å². The maximum atomic E-state index is 5.62. The molecule has 0 aromatic rings. The molecule has 2 unspecified atom stereocenters. The Bertz CT molecular complexity index is 145. The van der Waals surface area contributed by atoms with E-state index in [2.05, 4.69) is 0 Å². The Morgan fingerprint density at radius 1 is 1.58 bits per heavy atom. The Morgan fingerprint density at radius 3 is 2.67 bits per heavy atom. The van der Waals surface area contributed by atoms with Gasteiger partial charge in [-0.25, -0.2) is 0 Å². The quantitative estimate of drug-likeness (QED) is 0.650. The van der Waals surface area contributed by atoms with E-state index in [1.54, 1.807) is 0 Å². The van der Waals surface area contributed by atoms with Crippen molar-refractivity contribution < 1.29 is 14.2 Å². The van der Waals surface area contributed by atoms with Gasteiger partial charge < -0.3 is 14.2 Å². The average Bonchev–Trinajstić information content (AvgIpc) is 2.31. The molecule has 0 spiro atoms. The highest BCUT2D eigenvalue weighted by molar-refractivity contribution is 4.75. The molecule has 0 N–H and O–H groups in total. The number of hydrogen-bond donors (Lipinski definition) is 0. The van der Waals surface area contributed by atoms with Gasteiger partial charge in [-0.1, -0.05) is 0 Å². The van der Waals surface area contributed by atoms with Gasteiger partial charge in [0.1, 0.15) is 6.10 Å². The van der Waals surface area contributed by atoms with Crippen molar-refractivity contribution in [1.29, 1.82) is 0 Å². The predicted octanol–water partition coefficient (Wildman–Crippen LogP) is 1.56. The summed E-state index contributed by atoms with van der Waals surface area (Å²) in [7, 11) is 0. The van der Waals surface area contributed by atoms with Gasteiger partial charge >= 0.3 is 0 Å². The summed E-state index contributed by atoms with van der Waals surface area (Å²) in [4.78, 5) is 0. The largest absolute Gasteiger partial charge is 0.376 e. The predicted molar refractivity (Wildman–Crippen MR) is 46.0 cm³/mol. The first-order valence-electron chi connectivity index (χ1n) is 4.48. The molecule has 1 saturated heterocycles. The minimum absolute atomic E-state index is 0.0833. The van der Waals surface area contributed by atoms with E-state index in [9.17, 15) is 0 Å². The van der Waals surface area contributed by atoms with Crippen LogP contribution in [-0.2, 0) is 14.2 Å². The van der Waals surface area contributed by atoms with Crippen molar-refractivity contribution in [2.45, 2.75) is 45.7 Å². The van der Waals surface area contributed by atoms with Gasteiger partial charge in [-0.3, -0.25) is 0 Å². The molecule has 0 radical (unpaired) electrons. The summed E-state index contributed by atoms with van der Waals surface area (Å²) < 4.78 is 16.4. The molecule has 1 rings (SSSR count). The zero-order chi connectivity index (χ0) is 9.19. The molecule has 12 heavy (non-hydrogen) atoms. The molecule has 0 aliphatic carbocycles. The molecule has 1 aliphatic rings. The van der Waals surface area contributed by atoms with E-state index < -0.39 is 5.79 Å². The van der Waals surface area contributed by atoms with E-state index in [0.29, 0.717) is 6.61 Å². The smallest absolute Gasteiger partial charge is 0.163 e. The maximum absolute atomic E-state index is 5.62. The van der Waals surface area contributed by atoms with Crippen LogP contribution in [0.3, 0.4) is 0 Å². The molecule has 72 valence electrons. The van der Waals surface area contributed by atoms with Crippen LogP contribution >= 0.6 is 0 Å². The first-order chi connectivity index (χ1) is 5.55. The highest BCUT2D eigenvalue weighted by Crippen LogP contribution is 2.24. The van der Waals surface area contributed by atoms with Gasteiger partial charge in [0, 0.05) is 6.61 Å². The van der Waals surface area contributed by atoms with Crippen molar-refractivity contribution >= 4 is 0 Å². The average molecular weight is 174 g/mol. The molecule has 0 aromatic carbocycles. The van der Waals surface area contributed by atoms with Crippen LogP contribution in [0.25, 0.3) is 0 Å². The summed E-state index contributed by atoms with van der Waals surface area (Å²) >= 11 is 0. The lowest BCUT2D eigenvalue weighted by Gasteiger charge is -2.20. The fourth-order valence-corrected chi connectivity index (χ4v) is 1.32. The molecule has 1 heterocycles. The van der Waals surface area contributed by atoms with Gasteiger partial charge in [-0.15, -0.1) is 0 Å². The lowest BCUT2D eigenvalue weighted by Crippen LogP contribution is -2.30. The van der Waals surface area contributed by atoms with Gasteiger partial charge in [0.2, 0.25) is 0 Å².